The maximum absolute atomic E-state index is 11.3. The standard InChI is InChI=1S/C13H16O6/c14-8-2-1-4-10(16)12(18)6-7-13(19)11(17)5-3-9-15/h8-9H,1-7H2. The van der Waals surface area contributed by atoms with Crippen molar-refractivity contribution in [2.24, 2.45) is 0 Å². The Morgan fingerprint density at radius 2 is 1.00 bits per heavy atom. The Bertz CT molecular complexity index is 383. The highest BCUT2D eigenvalue weighted by molar-refractivity contribution is 6.40. The molecule has 0 heterocycles. The molecule has 0 aromatic heterocycles. The van der Waals surface area contributed by atoms with Crippen LogP contribution in [0.1, 0.15) is 44.9 Å². The minimum absolute atomic E-state index is 0.0230. The molecule has 0 atom stereocenters. The normalized spacial score (nSPS) is 9.68. The summed E-state index contributed by atoms with van der Waals surface area (Å²) in [4.78, 5) is 65.1. The fraction of sp³-hybridized carbons (Fsp3) is 0.538. The van der Waals surface area contributed by atoms with E-state index in [0.29, 0.717) is 19.0 Å². The Hall–Kier alpha value is -1.98. The van der Waals surface area contributed by atoms with Crippen LogP contribution in [0.25, 0.3) is 0 Å². The van der Waals surface area contributed by atoms with E-state index in [1.807, 2.05) is 0 Å². The summed E-state index contributed by atoms with van der Waals surface area (Å²) in [7, 11) is 0. The van der Waals surface area contributed by atoms with Gasteiger partial charge in [-0.25, -0.2) is 0 Å². The van der Waals surface area contributed by atoms with E-state index in [-0.39, 0.29) is 38.5 Å². The highest BCUT2D eigenvalue weighted by atomic mass is 16.2. The van der Waals surface area contributed by atoms with Crippen molar-refractivity contribution in [1.82, 2.24) is 0 Å². The van der Waals surface area contributed by atoms with Gasteiger partial charge in [0.05, 0.1) is 0 Å². The van der Waals surface area contributed by atoms with E-state index in [1.54, 1.807) is 0 Å². The Balaban J connectivity index is 3.97. The summed E-state index contributed by atoms with van der Waals surface area (Å²) >= 11 is 0. The molecule has 0 aliphatic heterocycles. The van der Waals surface area contributed by atoms with Crippen molar-refractivity contribution in [3.05, 3.63) is 0 Å². The van der Waals surface area contributed by atoms with E-state index in [2.05, 4.69) is 0 Å². The molecule has 0 rings (SSSR count). The first-order valence-corrected chi connectivity index (χ1v) is 6.02. The minimum Gasteiger partial charge on any atom is -0.303 e. The smallest absolute Gasteiger partial charge is 0.198 e. The predicted molar refractivity (Wildman–Crippen MR) is 64.5 cm³/mol. The van der Waals surface area contributed by atoms with Crippen LogP contribution in [0.15, 0.2) is 0 Å². The largest absolute Gasteiger partial charge is 0.303 e. The van der Waals surface area contributed by atoms with Crippen LogP contribution in [0.5, 0.6) is 0 Å². The topological polar surface area (TPSA) is 102 Å². The van der Waals surface area contributed by atoms with Crippen LogP contribution in [0.3, 0.4) is 0 Å². The van der Waals surface area contributed by atoms with E-state index < -0.39 is 23.1 Å². The summed E-state index contributed by atoms with van der Waals surface area (Å²) in [6.45, 7) is 0. The first-order chi connectivity index (χ1) is 9.02. The van der Waals surface area contributed by atoms with E-state index in [4.69, 9.17) is 0 Å². The van der Waals surface area contributed by atoms with Crippen molar-refractivity contribution in [3.63, 3.8) is 0 Å². The summed E-state index contributed by atoms with van der Waals surface area (Å²) in [5.41, 5.74) is 0. The Morgan fingerprint density at radius 3 is 1.47 bits per heavy atom. The third kappa shape index (κ3) is 7.86. The zero-order valence-corrected chi connectivity index (χ0v) is 10.6. The van der Waals surface area contributed by atoms with Gasteiger partial charge in [-0.3, -0.25) is 19.2 Å². The number of ketones is 4. The average molecular weight is 268 g/mol. The lowest BCUT2D eigenvalue weighted by Crippen LogP contribution is -2.19. The van der Waals surface area contributed by atoms with Crippen molar-refractivity contribution in [2.75, 3.05) is 0 Å². The fourth-order valence-electron chi connectivity index (χ4n) is 1.32. The van der Waals surface area contributed by atoms with Crippen LogP contribution < -0.4 is 0 Å². The number of hydrogen-bond donors (Lipinski definition) is 0. The molecule has 0 amide bonds. The molecule has 0 bridgehead atoms. The zero-order chi connectivity index (χ0) is 14.7. The molecule has 0 radical (unpaired) electrons. The number of Topliss-reactive ketones (excluding diaryl/α,β-unsaturated/α-hetero) is 4. The Morgan fingerprint density at radius 1 is 0.579 bits per heavy atom. The van der Waals surface area contributed by atoms with E-state index >= 15 is 0 Å². The molecule has 6 heteroatoms. The van der Waals surface area contributed by atoms with Gasteiger partial charge >= 0.3 is 0 Å². The van der Waals surface area contributed by atoms with Crippen molar-refractivity contribution >= 4 is 35.7 Å². The highest BCUT2D eigenvalue weighted by Gasteiger charge is 2.18. The first-order valence-electron chi connectivity index (χ1n) is 6.02. The number of carbonyl (C=O) groups is 6. The number of hydrogen-bond acceptors (Lipinski definition) is 6. The number of rotatable bonds is 12. The number of aldehydes is 2. The molecule has 6 nitrogen and oxygen atoms in total. The molecule has 0 aliphatic carbocycles. The van der Waals surface area contributed by atoms with Gasteiger partial charge in [0.2, 0.25) is 0 Å². The Kier molecular flexibility index (Phi) is 8.95. The van der Waals surface area contributed by atoms with Gasteiger partial charge < -0.3 is 9.59 Å². The molecular weight excluding hydrogens is 252 g/mol. The summed E-state index contributed by atoms with van der Waals surface area (Å²) in [5, 5.41) is 0. The molecule has 0 unspecified atom stereocenters. The number of carbonyl (C=O) groups excluding carboxylic acids is 6. The fourth-order valence-corrected chi connectivity index (χ4v) is 1.32. The molecule has 0 saturated carbocycles. The van der Waals surface area contributed by atoms with Gasteiger partial charge in [-0.2, -0.15) is 0 Å². The predicted octanol–water partition coefficient (Wildman–Crippen LogP) is 0.391. The van der Waals surface area contributed by atoms with Crippen LogP contribution >= 0.6 is 0 Å². The maximum atomic E-state index is 11.3. The van der Waals surface area contributed by atoms with Crippen molar-refractivity contribution in [1.29, 1.82) is 0 Å². The first kappa shape index (κ1) is 17.0. The summed E-state index contributed by atoms with van der Waals surface area (Å²) < 4.78 is 0. The van der Waals surface area contributed by atoms with Crippen molar-refractivity contribution in [3.8, 4) is 0 Å². The molecule has 0 spiro atoms. The molecule has 19 heavy (non-hydrogen) atoms. The van der Waals surface area contributed by atoms with Crippen LogP contribution in [0.4, 0.5) is 0 Å². The summed E-state index contributed by atoms with van der Waals surface area (Å²) in [6, 6.07) is 0. The van der Waals surface area contributed by atoms with E-state index in [0.717, 1.165) is 0 Å². The van der Waals surface area contributed by atoms with Gasteiger partial charge in [0.15, 0.2) is 23.1 Å². The maximum Gasteiger partial charge on any atom is 0.198 e. The van der Waals surface area contributed by atoms with Crippen LogP contribution in [-0.2, 0) is 28.8 Å². The molecular formula is C13H16O6. The van der Waals surface area contributed by atoms with Gasteiger partial charge in [0.1, 0.15) is 12.6 Å². The van der Waals surface area contributed by atoms with E-state index in [1.165, 1.54) is 0 Å². The molecule has 0 N–H and O–H groups in total. The van der Waals surface area contributed by atoms with Gasteiger partial charge in [-0.05, 0) is 6.42 Å². The summed E-state index contributed by atoms with van der Waals surface area (Å²) in [6.07, 6.45) is 0.891. The second-order valence-electron chi connectivity index (χ2n) is 3.96. The molecule has 0 aromatic rings. The lowest BCUT2D eigenvalue weighted by Gasteiger charge is -1.99. The minimum atomic E-state index is -0.740. The molecule has 0 fully saturated rings. The molecule has 0 aromatic carbocycles. The highest BCUT2D eigenvalue weighted by Crippen LogP contribution is 2.02. The zero-order valence-electron chi connectivity index (χ0n) is 10.6. The van der Waals surface area contributed by atoms with Gasteiger partial charge in [0.25, 0.3) is 0 Å². The van der Waals surface area contributed by atoms with Gasteiger partial charge in [-0.15, -0.1) is 0 Å². The Labute approximate surface area is 110 Å². The third-order valence-electron chi connectivity index (χ3n) is 2.42. The monoisotopic (exact) mass is 268 g/mol. The van der Waals surface area contributed by atoms with Crippen LogP contribution in [0.2, 0.25) is 0 Å². The molecule has 0 saturated heterocycles. The van der Waals surface area contributed by atoms with Crippen LogP contribution in [-0.4, -0.2) is 35.7 Å². The molecule has 104 valence electrons. The molecule has 0 aliphatic rings. The second-order valence-corrected chi connectivity index (χ2v) is 3.96. The van der Waals surface area contributed by atoms with Gasteiger partial charge in [0, 0.05) is 38.5 Å². The summed E-state index contributed by atoms with van der Waals surface area (Å²) in [5.74, 6) is -2.78. The van der Waals surface area contributed by atoms with Gasteiger partial charge in [-0.1, -0.05) is 0 Å². The second kappa shape index (κ2) is 9.99. The quantitative estimate of drug-likeness (QED) is 0.288. The van der Waals surface area contributed by atoms with E-state index in [9.17, 15) is 28.8 Å². The average Bonchev–Trinajstić information content (AvgIpc) is 2.41. The number of unbranched alkanes of at least 4 members (excludes halogenated alkanes) is 1. The third-order valence-corrected chi connectivity index (χ3v) is 2.42. The SMILES string of the molecule is O=CCCCC(=O)C(=O)CCC(=O)C(=O)CCC=O. The lowest BCUT2D eigenvalue weighted by atomic mass is 10.0. The lowest BCUT2D eigenvalue weighted by molar-refractivity contribution is -0.139. The van der Waals surface area contributed by atoms with Crippen LogP contribution in [0, 0.1) is 0 Å². The van der Waals surface area contributed by atoms with Crippen molar-refractivity contribution < 1.29 is 28.8 Å². The van der Waals surface area contributed by atoms with Crippen molar-refractivity contribution in [2.45, 2.75) is 44.9 Å².